The summed E-state index contributed by atoms with van der Waals surface area (Å²) in [6.45, 7) is 0. The summed E-state index contributed by atoms with van der Waals surface area (Å²) in [5.41, 5.74) is 7.28. The molecule has 0 N–H and O–H groups in total. The number of fused-ring (bicyclic) bond motifs is 14. The molecular formula is C59H33N5S2. The normalized spacial score (nSPS) is 12.2. The number of hydrogen-bond acceptors (Lipinski definition) is 5. The van der Waals surface area contributed by atoms with Gasteiger partial charge in [0.1, 0.15) is 0 Å². The highest BCUT2D eigenvalue weighted by Gasteiger charge is 2.25. The van der Waals surface area contributed by atoms with Crippen LogP contribution < -0.4 is 0 Å². The largest absolute Gasteiger partial charge is 0.308 e. The van der Waals surface area contributed by atoms with Crippen molar-refractivity contribution in [2.75, 3.05) is 0 Å². The van der Waals surface area contributed by atoms with Crippen molar-refractivity contribution < 1.29 is 0 Å². The number of rotatable bonds is 4. The molecule has 0 fully saturated rings. The van der Waals surface area contributed by atoms with Crippen molar-refractivity contribution >= 4 is 128 Å². The highest BCUT2D eigenvalue weighted by Crippen LogP contribution is 2.47. The number of hydrogen-bond donors (Lipinski definition) is 0. The first-order valence-corrected chi connectivity index (χ1v) is 23.8. The number of thiophene rings is 2. The molecule has 0 atom stereocenters. The van der Waals surface area contributed by atoms with Gasteiger partial charge in [0.25, 0.3) is 0 Å². The highest BCUT2D eigenvalue weighted by atomic mass is 32.1. The minimum absolute atomic E-state index is 0.573. The molecule has 0 saturated carbocycles. The molecule has 66 heavy (non-hydrogen) atoms. The number of para-hydroxylation sites is 3. The summed E-state index contributed by atoms with van der Waals surface area (Å²) in [4.78, 5) is 16.6. The van der Waals surface area contributed by atoms with Crippen LogP contribution in [-0.4, -0.2) is 24.1 Å². The molecule has 306 valence electrons. The number of aromatic nitrogens is 5. The minimum atomic E-state index is 0.573. The van der Waals surface area contributed by atoms with E-state index in [4.69, 9.17) is 15.0 Å². The van der Waals surface area contributed by atoms with Crippen LogP contribution in [0.1, 0.15) is 0 Å². The molecular weight excluding hydrogens is 843 g/mol. The Morgan fingerprint density at radius 2 is 0.848 bits per heavy atom. The topological polar surface area (TPSA) is 48.5 Å². The molecule has 0 unspecified atom stereocenters. The Balaban J connectivity index is 1.10. The van der Waals surface area contributed by atoms with E-state index in [2.05, 4.69) is 209 Å². The quantitative estimate of drug-likeness (QED) is 0.177. The molecule has 5 heterocycles. The average Bonchev–Trinajstić information content (AvgIpc) is 4.12. The molecule has 15 rings (SSSR count). The van der Waals surface area contributed by atoms with E-state index in [0.29, 0.717) is 17.6 Å². The van der Waals surface area contributed by atoms with Gasteiger partial charge >= 0.3 is 0 Å². The Labute approximate surface area is 384 Å². The first kappa shape index (κ1) is 36.1. The minimum Gasteiger partial charge on any atom is -0.308 e. The van der Waals surface area contributed by atoms with Crippen LogP contribution in [0.4, 0.5) is 0 Å². The standard InChI is InChI=1S/C59H33N5S2/c1-3-15-36-31-50-45(29-34(36)13-1)41-19-7-9-21-47(41)63(50)56-44(27-28-52-55(56)46-30-35-14-2-4-16-37(35)32-54(46)66-52)58-60-57(38-25-26-43-42-20-8-12-24-51(42)65-53(43)33-38)61-59(62-58)64-48-22-10-5-17-39(48)40-18-6-11-23-49(40)64/h1-33H. The van der Waals surface area contributed by atoms with Gasteiger partial charge in [-0.15, -0.1) is 22.7 Å². The smallest absolute Gasteiger partial charge is 0.238 e. The van der Waals surface area contributed by atoms with Gasteiger partial charge in [0.2, 0.25) is 5.95 Å². The summed E-state index contributed by atoms with van der Waals surface area (Å²) in [5, 5.41) is 14.5. The van der Waals surface area contributed by atoms with Crippen LogP contribution in [0.3, 0.4) is 0 Å². The highest BCUT2D eigenvalue weighted by molar-refractivity contribution is 7.26. The van der Waals surface area contributed by atoms with Crippen LogP contribution in [-0.2, 0) is 0 Å². The van der Waals surface area contributed by atoms with Crippen LogP contribution in [0.15, 0.2) is 200 Å². The predicted octanol–water partition coefficient (Wildman–Crippen LogP) is 16.4. The summed E-state index contributed by atoms with van der Waals surface area (Å²) in [6.07, 6.45) is 0. The van der Waals surface area contributed by atoms with Gasteiger partial charge in [-0.25, -0.2) is 4.98 Å². The van der Waals surface area contributed by atoms with Crippen molar-refractivity contribution in [3.8, 4) is 34.4 Å². The lowest BCUT2D eigenvalue weighted by Gasteiger charge is -2.17. The fourth-order valence-corrected chi connectivity index (χ4v) is 12.8. The van der Waals surface area contributed by atoms with E-state index in [1.807, 2.05) is 11.3 Å². The molecule has 5 aromatic heterocycles. The van der Waals surface area contributed by atoms with Gasteiger partial charge in [0.15, 0.2) is 11.6 Å². The van der Waals surface area contributed by atoms with E-state index in [1.54, 1.807) is 11.3 Å². The summed E-state index contributed by atoms with van der Waals surface area (Å²) < 4.78 is 9.62. The van der Waals surface area contributed by atoms with E-state index in [9.17, 15) is 0 Å². The zero-order valence-corrected chi connectivity index (χ0v) is 36.7. The van der Waals surface area contributed by atoms with Crippen molar-refractivity contribution in [2.45, 2.75) is 0 Å². The molecule has 0 radical (unpaired) electrons. The van der Waals surface area contributed by atoms with E-state index < -0.39 is 0 Å². The second-order valence-electron chi connectivity index (χ2n) is 17.2. The summed E-state index contributed by atoms with van der Waals surface area (Å²) in [6, 6.07) is 72.6. The maximum absolute atomic E-state index is 5.60. The summed E-state index contributed by atoms with van der Waals surface area (Å²) in [7, 11) is 0. The van der Waals surface area contributed by atoms with Crippen LogP contribution in [0.5, 0.6) is 0 Å². The Hall–Kier alpha value is -8.23. The lowest BCUT2D eigenvalue weighted by Crippen LogP contribution is -2.08. The van der Waals surface area contributed by atoms with Crippen molar-refractivity contribution in [1.29, 1.82) is 0 Å². The van der Waals surface area contributed by atoms with Crippen molar-refractivity contribution in [3.63, 3.8) is 0 Å². The second-order valence-corrected chi connectivity index (χ2v) is 19.3. The third-order valence-electron chi connectivity index (χ3n) is 13.5. The second kappa shape index (κ2) is 13.6. The van der Waals surface area contributed by atoms with Gasteiger partial charge < -0.3 is 4.57 Å². The molecule has 10 aromatic carbocycles. The molecule has 0 aliphatic rings. The maximum Gasteiger partial charge on any atom is 0.238 e. The first-order valence-electron chi connectivity index (χ1n) is 22.2. The van der Waals surface area contributed by atoms with Gasteiger partial charge in [-0.2, -0.15) is 9.97 Å². The zero-order chi connectivity index (χ0) is 43.0. The molecule has 0 amide bonds. The molecule has 15 aromatic rings. The van der Waals surface area contributed by atoms with Crippen LogP contribution in [0.25, 0.3) is 140 Å². The number of benzene rings is 10. The van der Waals surface area contributed by atoms with Crippen molar-refractivity contribution in [3.05, 3.63) is 200 Å². The number of nitrogens with zero attached hydrogens (tertiary/aromatic N) is 5. The molecule has 0 saturated heterocycles. The Kier molecular flexibility index (Phi) is 7.47. The molecule has 5 nitrogen and oxygen atoms in total. The lowest BCUT2D eigenvalue weighted by molar-refractivity contribution is 0.952. The van der Waals surface area contributed by atoms with Gasteiger partial charge in [-0.1, -0.05) is 133 Å². The van der Waals surface area contributed by atoms with Crippen molar-refractivity contribution in [1.82, 2.24) is 24.1 Å². The van der Waals surface area contributed by atoms with E-state index in [0.717, 1.165) is 49.7 Å². The van der Waals surface area contributed by atoms with Crippen molar-refractivity contribution in [2.24, 2.45) is 0 Å². The van der Waals surface area contributed by atoms with Gasteiger partial charge in [0.05, 0.1) is 27.8 Å². The summed E-state index contributed by atoms with van der Waals surface area (Å²) >= 11 is 3.65. The first-order chi connectivity index (χ1) is 32.7. The lowest BCUT2D eigenvalue weighted by atomic mass is 10.0. The van der Waals surface area contributed by atoms with Crippen LogP contribution in [0, 0.1) is 0 Å². The third-order valence-corrected chi connectivity index (χ3v) is 15.8. The van der Waals surface area contributed by atoms with Crippen LogP contribution in [0.2, 0.25) is 0 Å². The van der Waals surface area contributed by atoms with Gasteiger partial charge in [-0.05, 0) is 88.3 Å². The maximum atomic E-state index is 5.60. The van der Waals surface area contributed by atoms with Crippen LogP contribution >= 0.6 is 22.7 Å². The van der Waals surface area contributed by atoms with Gasteiger partial charge in [0, 0.05) is 73.0 Å². The fourth-order valence-electron chi connectivity index (χ4n) is 10.6. The van der Waals surface area contributed by atoms with E-state index in [1.165, 1.54) is 72.7 Å². The molecule has 7 heteroatoms. The monoisotopic (exact) mass is 875 g/mol. The Morgan fingerprint density at radius 1 is 0.318 bits per heavy atom. The molecule has 0 bridgehead atoms. The zero-order valence-electron chi connectivity index (χ0n) is 35.1. The molecule has 0 aliphatic heterocycles. The van der Waals surface area contributed by atoms with Gasteiger partial charge in [-0.3, -0.25) is 4.57 Å². The molecule has 0 spiro atoms. The Bertz CT molecular complexity index is 4500. The van der Waals surface area contributed by atoms with E-state index in [-0.39, 0.29) is 0 Å². The Morgan fingerprint density at radius 3 is 1.58 bits per heavy atom. The third kappa shape index (κ3) is 5.18. The SMILES string of the molecule is c1ccc2cc3c(cc2c1)sc1ccc(-c2nc(-c4ccc5c(c4)sc4ccccc45)nc(-n4c5ccccc5c5ccccc54)n2)c(-n2c4ccccc4c4cc5ccccc5cc42)c13. The molecule has 0 aliphatic carbocycles. The fraction of sp³-hybridized carbons (Fsp3) is 0. The predicted molar refractivity (Wildman–Crippen MR) is 280 cm³/mol. The average molecular weight is 876 g/mol. The summed E-state index contributed by atoms with van der Waals surface area (Å²) in [5.74, 6) is 1.80. The van der Waals surface area contributed by atoms with E-state index >= 15 is 0 Å².